The fraction of sp³-hybridized carbons (Fsp3) is 0.188. The summed E-state index contributed by atoms with van der Waals surface area (Å²) in [6.45, 7) is 4.08. The minimum Gasteiger partial charge on any atom is -0.322 e. The lowest BCUT2D eigenvalue weighted by molar-refractivity contribution is 0.102. The molecule has 2 aromatic rings. The van der Waals surface area contributed by atoms with Gasteiger partial charge in [-0.1, -0.05) is 31.2 Å². The number of carbonyl (C=O) groups is 1. The Morgan fingerprint density at radius 1 is 1.21 bits per heavy atom. The largest absolute Gasteiger partial charge is 0.322 e. The molecule has 0 fully saturated rings. The molecule has 0 saturated heterocycles. The van der Waals surface area contributed by atoms with Crippen molar-refractivity contribution in [3.63, 3.8) is 0 Å². The number of hydrogen-bond donors (Lipinski definition) is 1. The van der Waals surface area contributed by atoms with Crippen LogP contribution in [-0.4, -0.2) is 5.91 Å². The Kier molecular flexibility index (Phi) is 4.38. The fourth-order valence-corrected chi connectivity index (χ4v) is 2.62. The van der Waals surface area contributed by atoms with Gasteiger partial charge in [-0.15, -0.1) is 0 Å². The van der Waals surface area contributed by atoms with Gasteiger partial charge >= 0.3 is 0 Å². The van der Waals surface area contributed by atoms with E-state index in [4.69, 9.17) is 0 Å². The van der Waals surface area contributed by atoms with Crippen molar-refractivity contribution < 1.29 is 4.79 Å². The molecule has 0 heterocycles. The number of rotatable bonds is 3. The molecular weight excluding hydrogens is 302 g/mol. The molecule has 1 N–H and O–H groups in total. The molecule has 0 atom stereocenters. The van der Waals surface area contributed by atoms with Gasteiger partial charge in [0.1, 0.15) is 0 Å². The van der Waals surface area contributed by atoms with Crippen LogP contribution in [-0.2, 0) is 6.42 Å². The first kappa shape index (κ1) is 13.8. The van der Waals surface area contributed by atoms with E-state index in [1.54, 1.807) is 0 Å². The van der Waals surface area contributed by atoms with E-state index in [2.05, 4.69) is 28.2 Å². The Bertz CT molecular complexity index is 607. The Morgan fingerprint density at radius 3 is 2.63 bits per heavy atom. The van der Waals surface area contributed by atoms with Crippen molar-refractivity contribution in [2.24, 2.45) is 0 Å². The molecule has 3 heteroatoms. The van der Waals surface area contributed by atoms with Crippen LogP contribution in [0.15, 0.2) is 46.9 Å². The van der Waals surface area contributed by atoms with E-state index in [0.717, 1.165) is 27.7 Å². The monoisotopic (exact) mass is 317 g/mol. The van der Waals surface area contributed by atoms with E-state index >= 15 is 0 Å². The minimum atomic E-state index is -0.0900. The zero-order chi connectivity index (χ0) is 13.8. The third-order valence-electron chi connectivity index (χ3n) is 3.02. The molecular formula is C16H16BrNO. The zero-order valence-electron chi connectivity index (χ0n) is 11.0. The van der Waals surface area contributed by atoms with Crippen molar-refractivity contribution in [3.05, 3.63) is 63.6 Å². The highest BCUT2D eigenvalue weighted by Crippen LogP contribution is 2.21. The van der Waals surface area contributed by atoms with E-state index < -0.39 is 0 Å². The number of para-hydroxylation sites is 1. The molecule has 0 aromatic heterocycles. The summed E-state index contributed by atoms with van der Waals surface area (Å²) < 4.78 is 0.818. The molecule has 0 saturated carbocycles. The number of hydrogen-bond acceptors (Lipinski definition) is 1. The Balaban J connectivity index is 2.26. The van der Waals surface area contributed by atoms with E-state index in [1.807, 2.05) is 49.4 Å². The number of amides is 1. The maximum atomic E-state index is 12.3. The van der Waals surface area contributed by atoms with E-state index in [9.17, 15) is 4.79 Å². The molecule has 0 aliphatic carbocycles. The van der Waals surface area contributed by atoms with Crippen LogP contribution in [0.5, 0.6) is 0 Å². The molecule has 2 nitrogen and oxygen atoms in total. The van der Waals surface area contributed by atoms with Gasteiger partial charge in [0.15, 0.2) is 0 Å². The van der Waals surface area contributed by atoms with Gasteiger partial charge in [0.05, 0.1) is 5.56 Å². The topological polar surface area (TPSA) is 29.1 Å². The van der Waals surface area contributed by atoms with Crippen molar-refractivity contribution in [1.82, 2.24) is 0 Å². The number of carbonyl (C=O) groups excluding carboxylic acids is 1. The van der Waals surface area contributed by atoms with Gasteiger partial charge in [-0.3, -0.25) is 4.79 Å². The zero-order valence-corrected chi connectivity index (χ0v) is 12.6. The number of halogens is 1. The summed E-state index contributed by atoms with van der Waals surface area (Å²) in [6, 6.07) is 13.6. The highest BCUT2D eigenvalue weighted by Gasteiger charge is 2.11. The maximum Gasteiger partial charge on any atom is 0.256 e. The molecule has 2 rings (SSSR count). The first-order chi connectivity index (χ1) is 9.11. The van der Waals surface area contributed by atoms with Gasteiger partial charge in [-0.2, -0.15) is 0 Å². The SMILES string of the molecule is CCc1ccccc1NC(=O)c1ccc(C)cc1Br. The third-order valence-corrected chi connectivity index (χ3v) is 3.67. The quantitative estimate of drug-likeness (QED) is 0.882. The van der Waals surface area contributed by atoms with Crippen molar-refractivity contribution in [2.45, 2.75) is 20.3 Å². The minimum absolute atomic E-state index is 0.0900. The number of benzene rings is 2. The van der Waals surface area contributed by atoms with Gasteiger partial charge in [-0.05, 0) is 58.6 Å². The van der Waals surface area contributed by atoms with Crippen LogP contribution in [0.1, 0.15) is 28.4 Å². The number of nitrogens with one attached hydrogen (secondary N) is 1. The summed E-state index contributed by atoms with van der Waals surface area (Å²) >= 11 is 3.44. The highest BCUT2D eigenvalue weighted by atomic mass is 79.9. The van der Waals surface area contributed by atoms with Crippen LogP contribution in [0.25, 0.3) is 0 Å². The van der Waals surface area contributed by atoms with Gasteiger partial charge in [0.25, 0.3) is 5.91 Å². The van der Waals surface area contributed by atoms with Crippen LogP contribution in [0.4, 0.5) is 5.69 Å². The molecule has 1 amide bonds. The van der Waals surface area contributed by atoms with Crippen LogP contribution < -0.4 is 5.32 Å². The van der Waals surface area contributed by atoms with Crippen LogP contribution in [0, 0.1) is 6.92 Å². The van der Waals surface area contributed by atoms with Crippen LogP contribution in [0.2, 0.25) is 0 Å². The van der Waals surface area contributed by atoms with Crippen molar-refractivity contribution in [2.75, 3.05) is 5.32 Å². The predicted octanol–water partition coefficient (Wildman–Crippen LogP) is 4.57. The second kappa shape index (κ2) is 6.02. The first-order valence-electron chi connectivity index (χ1n) is 6.27. The van der Waals surface area contributed by atoms with Crippen molar-refractivity contribution >= 4 is 27.5 Å². The lowest BCUT2D eigenvalue weighted by Gasteiger charge is -2.11. The predicted molar refractivity (Wildman–Crippen MR) is 82.7 cm³/mol. The van der Waals surface area contributed by atoms with Gasteiger partial charge < -0.3 is 5.32 Å². The molecule has 2 aromatic carbocycles. The smallest absolute Gasteiger partial charge is 0.256 e. The second-order valence-corrected chi connectivity index (χ2v) is 5.30. The van der Waals surface area contributed by atoms with Gasteiger partial charge in [-0.25, -0.2) is 0 Å². The Hall–Kier alpha value is -1.61. The summed E-state index contributed by atoms with van der Waals surface area (Å²) in [5.41, 5.74) is 3.79. The normalized spacial score (nSPS) is 10.3. The summed E-state index contributed by atoms with van der Waals surface area (Å²) in [5, 5.41) is 2.97. The molecule has 0 unspecified atom stereocenters. The summed E-state index contributed by atoms with van der Waals surface area (Å²) in [7, 11) is 0. The highest BCUT2D eigenvalue weighted by molar-refractivity contribution is 9.10. The Labute approximate surface area is 122 Å². The average molecular weight is 318 g/mol. The maximum absolute atomic E-state index is 12.3. The molecule has 0 spiro atoms. The Morgan fingerprint density at radius 2 is 1.95 bits per heavy atom. The molecule has 98 valence electrons. The summed E-state index contributed by atoms with van der Waals surface area (Å²) in [4.78, 5) is 12.3. The number of aryl methyl sites for hydroxylation is 2. The van der Waals surface area contributed by atoms with Crippen LogP contribution >= 0.6 is 15.9 Å². The lowest BCUT2D eigenvalue weighted by Crippen LogP contribution is -2.13. The lowest BCUT2D eigenvalue weighted by atomic mass is 10.1. The molecule has 0 aliphatic heterocycles. The summed E-state index contributed by atoms with van der Waals surface area (Å²) in [5.74, 6) is -0.0900. The molecule has 0 radical (unpaired) electrons. The van der Waals surface area contributed by atoms with Crippen molar-refractivity contribution in [1.29, 1.82) is 0 Å². The van der Waals surface area contributed by atoms with E-state index in [-0.39, 0.29) is 5.91 Å². The second-order valence-electron chi connectivity index (χ2n) is 4.45. The summed E-state index contributed by atoms with van der Waals surface area (Å²) in [6.07, 6.45) is 0.894. The first-order valence-corrected chi connectivity index (χ1v) is 7.06. The van der Waals surface area contributed by atoms with Gasteiger partial charge in [0, 0.05) is 10.2 Å². The molecule has 0 bridgehead atoms. The molecule has 0 aliphatic rings. The average Bonchev–Trinajstić information content (AvgIpc) is 2.39. The standard InChI is InChI=1S/C16H16BrNO/c1-3-12-6-4-5-7-15(12)18-16(19)13-9-8-11(2)10-14(13)17/h4-10H,3H2,1-2H3,(H,18,19). The van der Waals surface area contributed by atoms with E-state index in [1.165, 1.54) is 0 Å². The molecule has 19 heavy (non-hydrogen) atoms. The van der Waals surface area contributed by atoms with Crippen LogP contribution in [0.3, 0.4) is 0 Å². The van der Waals surface area contributed by atoms with Crippen molar-refractivity contribution in [3.8, 4) is 0 Å². The number of anilines is 1. The third kappa shape index (κ3) is 3.24. The fourth-order valence-electron chi connectivity index (χ4n) is 1.94. The van der Waals surface area contributed by atoms with E-state index in [0.29, 0.717) is 5.56 Å². The van der Waals surface area contributed by atoms with Gasteiger partial charge in [0.2, 0.25) is 0 Å².